The zero-order valence-electron chi connectivity index (χ0n) is 6.64. The second-order valence-electron chi connectivity index (χ2n) is 2.59. The van der Waals surface area contributed by atoms with Gasteiger partial charge in [-0.15, -0.1) is 0 Å². The molecule has 0 saturated heterocycles. The lowest BCUT2D eigenvalue weighted by Crippen LogP contribution is -2.32. The topological polar surface area (TPSA) is 80.5 Å². The first-order chi connectivity index (χ1) is 5.90. The van der Waals surface area contributed by atoms with Gasteiger partial charge in [0.25, 0.3) is 11.8 Å². The minimum absolute atomic E-state index is 0.00193. The first-order valence-electron chi connectivity index (χ1n) is 3.51. The third kappa shape index (κ3) is 2.95. The van der Waals surface area contributed by atoms with E-state index in [4.69, 9.17) is 16.7 Å². The van der Waals surface area contributed by atoms with Gasteiger partial charge >= 0.3 is 0 Å². The second-order valence-corrected chi connectivity index (χ2v) is 6.16. The summed E-state index contributed by atoms with van der Waals surface area (Å²) in [5.74, 6) is -0.842. The average Bonchev–Trinajstić information content (AvgIpc) is 2.27. The molecular weight excluding hydrogens is 215 g/mol. The Labute approximate surface area is 79.7 Å². The van der Waals surface area contributed by atoms with Crippen LogP contribution in [0.1, 0.15) is 0 Å². The molecule has 1 aliphatic heterocycles. The largest absolute Gasteiger partial charge is 0.289 e. The fraction of sp³-hybridized carbons (Fsp3) is 0.333. The zero-order valence-corrected chi connectivity index (χ0v) is 8.29. The van der Waals surface area contributed by atoms with Crippen molar-refractivity contribution in [2.75, 3.05) is 12.7 Å². The molecule has 0 fully saturated rings. The highest BCUT2D eigenvalue weighted by Crippen LogP contribution is 2.41. The van der Waals surface area contributed by atoms with Crippen LogP contribution in [0.3, 0.4) is 0 Å². The summed E-state index contributed by atoms with van der Waals surface area (Å²) in [6.45, 7) is -3.17. The fourth-order valence-corrected chi connectivity index (χ4v) is 1.59. The number of amides is 2. The Morgan fingerprint density at radius 2 is 1.85 bits per heavy atom. The number of rotatable bonds is 3. The molecule has 0 aromatic carbocycles. The Hall–Kier alpha value is -0.640. The van der Waals surface area contributed by atoms with Crippen LogP contribution in [-0.2, 0) is 14.2 Å². The van der Waals surface area contributed by atoms with Gasteiger partial charge in [-0.05, 0) is 11.2 Å². The SMILES string of the molecule is NP(=O)(Cl)CCN1C(=O)C=CC1=O. The van der Waals surface area contributed by atoms with E-state index in [0.29, 0.717) is 0 Å². The molecule has 0 aromatic heterocycles. The van der Waals surface area contributed by atoms with Crippen LogP contribution >= 0.6 is 17.9 Å². The van der Waals surface area contributed by atoms with E-state index >= 15 is 0 Å². The van der Waals surface area contributed by atoms with Gasteiger partial charge < -0.3 is 0 Å². The maximum Gasteiger partial charge on any atom is 0.253 e. The van der Waals surface area contributed by atoms with Crippen LogP contribution in [0.4, 0.5) is 0 Å². The maximum absolute atomic E-state index is 10.9. The van der Waals surface area contributed by atoms with E-state index in [1.54, 1.807) is 0 Å². The van der Waals surface area contributed by atoms with Crippen LogP contribution in [0.25, 0.3) is 0 Å². The second kappa shape index (κ2) is 3.62. The third-order valence-electron chi connectivity index (χ3n) is 1.53. The Balaban J connectivity index is 2.52. The molecule has 1 atom stereocenters. The van der Waals surface area contributed by atoms with E-state index in [-0.39, 0.29) is 12.7 Å². The number of imide groups is 1. The molecule has 1 rings (SSSR count). The first kappa shape index (κ1) is 10.4. The Morgan fingerprint density at radius 3 is 2.23 bits per heavy atom. The van der Waals surface area contributed by atoms with Crippen LogP contribution in [0.5, 0.6) is 0 Å². The summed E-state index contributed by atoms with van der Waals surface area (Å²) in [4.78, 5) is 22.8. The van der Waals surface area contributed by atoms with Crippen molar-refractivity contribution in [2.24, 2.45) is 5.50 Å². The van der Waals surface area contributed by atoms with Crippen molar-refractivity contribution in [3.8, 4) is 0 Å². The van der Waals surface area contributed by atoms with Crippen molar-refractivity contribution in [1.29, 1.82) is 0 Å². The molecule has 1 heterocycles. The Morgan fingerprint density at radius 1 is 1.38 bits per heavy atom. The molecule has 0 spiro atoms. The number of nitrogens with zero attached hydrogens (tertiary/aromatic N) is 1. The number of nitrogens with two attached hydrogens (primary N) is 1. The van der Waals surface area contributed by atoms with Crippen LogP contribution in [0.2, 0.25) is 0 Å². The Kier molecular flexibility index (Phi) is 2.91. The van der Waals surface area contributed by atoms with Crippen LogP contribution in [0, 0.1) is 0 Å². The van der Waals surface area contributed by atoms with E-state index in [0.717, 1.165) is 17.1 Å². The summed E-state index contributed by atoms with van der Waals surface area (Å²) in [6.07, 6.45) is 2.24. The number of carbonyl (C=O) groups excluding carboxylic acids is 2. The van der Waals surface area contributed by atoms with E-state index in [1.807, 2.05) is 0 Å². The van der Waals surface area contributed by atoms with Gasteiger partial charge in [-0.2, -0.15) is 0 Å². The van der Waals surface area contributed by atoms with Crippen molar-refractivity contribution < 1.29 is 14.2 Å². The first-order valence-corrected chi connectivity index (χ1v) is 6.37. The summed E-state index contributed by atoms with van der Waals surface area (Å²) >= 11 is 5.27. The lowest BCUT2D eigenvalue weighted by atomic mass is 10.5. The molecule has 7 heteroatoms. The van der Waals surface area contributed by atoms with Crippen molar-refractivity contribution in [3.63, 3.8) is 0 Å². The number of hydrogen-bond acceptors (Lipinski definition) is 3. The molecular formula is C6H8ClN2O3P. The molecule has 2 N–H and O–H groups in total. The van der Waals surface area contributed by atoms with Crippen LogP contribution < -0.4 is 5.50 Å². The monoisotopic (exact) mass is 222 g/mol. The van der Waals surface area contributed by atoms with E-state index in [9.17, 15) is 14.2 Å². The molecule has 2 amide bonds. The lowest BCUT2D eigenvalue weighted by Gasteiger charge is -2.13. The van der Waals surface area contributed by atoms with Gasteiger partial charge in [0.15, 0.2) is 0 Å². The maximum atomic E-state index is 10.9. The normalized spacial score (nSPS) is 20.9. The van der Waals surface area contributed by atoms with E-state index in [2.05, 4.69) is 0 Å². The standard InChI is InChI=1S/C6H8ClN2O3P/c7-13(8,12)4-3-9-5(10)1-2-6(9)11/h1-2H,3-4H2,(H2,8,12). The van der Waals surface area contributed by atoms with Gasteiger partial charge in [-0.3, -0.25) is 24.6 Å². The summed E-state index contributed by atoms with van der Waals surface area (Å²) in [6, 6.07) is 0. The summed E-state index contributed by atoms with van der Waals surface area (Å²) in [5, 5.41) is 0. The smallest absolute Gasteiger partial charge is 0.253 e. The fourth-order valence-electron chi connectivity index (χ4n) is 0.888. The van der Waals surface area contributed by atoms with Gasteiger partial charge in [-0.25, -0.2) is 0 Å². The zero-order chi connectivity index (χ0) is 10.1. The molecule has 1 unspecified atom stereocenters. The number of hydrogen-bond donors (Lipinski definition) is 1. The summed E-state index contributed by atoms with van der Waals surface area (Å²) in [5.41, 5.74) is 5.06. The molecule has 0 aromatic rings. The van der Waals surface area contributed by atoms with Crippen molar-refractivity contribution >= 4 is 29.7 Å². The third-order valence-corrected chi connectivity index (χ3v) is 2.85. The minimum atomic E-state index is -3.17. The van der Waals surface area contributed by atoms with E-state index < -0.39 is 18.5 Å². The van der Waals surface area contributed by atoms with Gasteiger partial charge in [0.2, 0.25) is 6.65 Å². The van der Waals surface area contributed by atoms with Crippen molar-refractivity contribution in [1.82, 2.24) is 4.90 Å². The highest BCUT2D eigenvalue weighted by atomic mass is 35.7. The molecule has 1 aliphatic rings. The molecule has 0 radical (unpaired) electrons. The highest BCUT2D eigenvalue weighted by Gasteiger charge is 2.25. The Bertz CT molecular complexity index is 304. The predicted molar refractivity (Wildman–Crippen MR) is 48.4 cm³/mol. The molecule has 5 nitrogen and oxygen atoms in total. The van der Waals surface area contributed by atoms with E-state index in [1.165, 1.54) is 0 Å². The van der Waals surface area contributed by atoms with Gasteiger partial charge in [0.05, 0.1) is 0 Å². The summed E-state index contributed by atoms with van der Waals surface area (Å²) < 4.78 is 10.9. The lowest BCUT2D eigenvalue weighted by molar-refractivity contribution is -0.136. The van der Waals surface area contributed by atoms with Crippen molar-refractivity contribution in [2.45, 2.75) is 0 Å². The molecule has 0 aliphatic carbocycles. The predicted octanol–water partition coefficient (Wildman–Crippen LogP) is 0.302. The molecule has 13 heavy (non-hydrogen) atoms. The van der Waals surface area contributed by atoms with Crippen LogP contribution in [0.15, 0.2) is 12.2 Å². The average molecular weight is 223 g/mol. The minimum Gasteiger partial charge on any atom is -0.289 e. The quantitative estimate of drug-likeness (QED) is 0.550. The number of carbonyl (C=O) groups is 2. The molecule has 0 bridgehead atoms. The number of halogens is 1. The molecule has 0 saturated carbocycles. The van der Waals surface area contributed by atoms with Gasteiger partial charge in [-0.1, -0.05) is 0 Å². The summed E-state index contributed by atoms with van der Waals surface area (Å²) in [7, 11) is 0. The highest BCUT2D eigenvalue weighted by molar-refractivity contribution is 7.87. The van der Waals surface area contributed by atoms with Crippen LogP contribution in [-0.4, -0.2) is 29.4 Å². The van der Waals surface area contributed by atoms with Crippen molar-refractivity contribution in [3.05, 3.63) is 12.2 Å². The van der Waals surface area contributed by atoms with Gasteiger partial charge in [0.1, 0.15) is 0 Å². The molecule has 72 valence electrons. The van der Waals surface area contributed by atoms with Gasteiger partial charge in [0, 0.05) is 24.9 Å².